The Kier molecular flexibility index (Phi) is 6.09. The number of aromatic nitrogens is 3. The van der Waals surface area contributed by atoms with Gasteiger partial charge in [-0.25, -0.2) is 0 Å². The first-order valence-electron chi connectivity index (χ1n) is 9.63. The van der Waals surface area contributed by atoms with E-state index in [-0.39, 0.29) is 5.56 Å². The number of ether oxygens (including phenoxy) is 4. The molecule has 0 unspecified atom stereocenters. The van der Waals surface area contributed by atoms with Crippen LogP contribution in [-0.4, -0.2) is 42.5 Å². The number of nitrogens with zero attached hydrogens (tertiary/aromatic N) is 3. The molecular formula is C23H21N3O5S. The zero-order chi connectivity index (χ0) is 22.7. The van der Waals surface area contributed by atoms with Crippen molar-refractivity contribution in [3.63, 3.8) is 0 Å². The van der Waals surface area contributed by atoms with E-state index in [4.69, 9.17) is 18.9 Å². The van der Waals surface area contributed by atoms with Crippen LogP contribution >= 0.6 is 11.3 Å². The van der Waals surface area contributed by atoms with E-state index in [1.807, 2.05) is 24.3 Å². The molecular weight excluding hydrogens is 430 g/mol. The van der Waals surface area contributed by atoms with Crippen LogP contribution in [-0.2, 0) is 0 Å². The summed E-state index contributed by atoms with van der Waals surface area (Å²) in [7, 11) is 4.63. The van der Waals surface area contributed by atoms with Gasteiger partial charge in [-0.05, 0) is 48.0 Å². The highest BCUT2D eigenvalue weighted by Gasteiger charge is 2.15. The van der Waals surface area contributed by atoms with E-state index in [0.29, 0.717) is 39.2 Å². The summed E-state index contributed by atoms with van der Waals surface area (Å²) >= 11 is 1.26. The van der Waals surface area contributed by atoms with Crippen molar-refractivity contribution in [1.82, 2.24) is 14.6 Å². The van der Waals surface area contributed by atoms with Gasteiger partial charge in [0, 0.05) is 5.56 Å². The zero-order valence-corrected chi connectivity index (χ0v) is 18.6. The molecule has 4 aromatic rings. The molecule has 0 atom stereocenters. The Morgan fingerprint density at radius 3 is 2.31 bits per heavy atom. The third kappa shape index (κ3) is 4.02. The lowest BCUT2D eigenvalue weighted by Crippen LogP contribution is -2.23. The largest absolute Gasteiger partial charge is 0.493 e. The number of rotatable bonds is 8. The maximum Gasteiger partial charge on any atom is 0.291 e. The molecule has 0 aliphatic rings. The molecule has 0 radical (unpaired) electrons. The van der Waals surface area contributed by atoms with E-state index in [0.717, 1.165) is 16.9 Å². The minimum atomic E-state index is -0.247. The van der Waals surface area contributed by atoms with Gasteiger partial charge in [0.2, 0.25) is 10.7 Å². The Bertz CT molecular complexity index is 1350. The first-order chi connectivity index (χ1) is 15.6. The minimum Gasteiger partial charge on any atom is -0.493 e. The Morgan fingerprint density at radius 1 is 1.06 bits per heavy atom. The summed E-state index contributed by atoms with van der Waals surface area (Å²) in [5.41, 5.74) is 1.28. The predicted molar refractivity (Wildman–Crippen MR) is 123 cm³/mol. The van der Waals surface area contributed by atoms with Crippen LogP contribution in [0.15, 0.2) is 53.8 Å². The average Bonchev–Trinajstić information content (AvgIpc) is 3.36. The molecule has 8 nitrogen and oxygen atoms in total. The highest BCUT2D eigenvalue weighted by Crippen LogP contribution is 2.38. The molecule has 9 heteroatoms. The second-order valence-electron chi connectivity index (χ2n) is 6.63. The molecule has 2 aromatic heterocycles. The van der Waals surface area contributed by atoms with Gasteiger partial charge in [-0.3, -0.25) is 4.79 Å². The number of hydrogen-bond donors (Lipinski definition) is 0. The van der Waals surface area contributed by atoms with Gasteiger partial charge in [-0.1, -0.05) is 24.0 Å². The van der Waals surface area contributed by atoms with Crippen molar-refractivity contribution >= 4 is 22.4 Å². The Labute approximate surface area is 188 Å². The van der Waals surface area contributed by atoms with Gasteiger partial charge in [0.25, 0.3) is 5.56 Å². The van der Waals surface area contributed by atoms with Crippen LogP contribution in [0, 0.1) is 0 Å². The molecule has 0 aliphatic carbocycles. The molecule has 2 heterocycles. The van der Waals surface area contributed by atoms with Crippen LogP contribution in [0.4, 0.5) is 0 Å². The number of methoxy groups -OCH3 is 3. The topological polar surface area (TPSA) is 84.2 Å². The normalized spacial score (nSPS) is 11.5. The SMILES string of the molecule is C=CCOc1ccc(-c2nc3s/c(=C/c4cc(OC)c(OC)c(OC)c4)c(=O)n3n2)cc1. The molecule has 0 bridgehead atoms. The minimum absolute atomic E-state index is 0.247. The third-order valence-electron chi connectivity index (χ3n) is 4.65. The van der Waals surface area contributed by atoms with E-state index in [1.54, 1.807) is 45.6 Å². The lowest BCUT2D eigenvalue weighted by molar-refractivity contribution is 0.324. The number of hydrogen-bond acceptors (Lipinski definition) is 8. The number of thiazole rings is 1. The van der Waals surface area contributed by atoms with Crippen LogP contribution in [0.5, 0.6) is 23.0 Å². The highest BCUT2D eigenvalue weighted by atomic mass is 32.1. The van der Waals surface area contributed by atoms with Crippen molar-refractivity contribution < 1.29 is 18.9 Å². The van der Waals surface area contributed by atoms with E-state index < -0.39 is 0 Å². The molecule has 0 fully saturated rings. The summed E-state index contributed by atoms with van der Waals surface area (Å²) in [6, 6.07) is 10.9. The van der Waals surface area contributed by atoms with Crippen LogP contribution < -0.4 is 29.0 Å². The van der Waals surface area contributed by atoms with E-state index in [2.05, 4.69) is 16.7 Å². The Hall–Kier alpha value is -3.85. The fourth-order valence-corrected chi connectivity index (χ4v) is 4.06. The van der Waals surface area contributed by atoms with Crippen molar-refractivity contribution in [2.24, 2.45) is 0 Å². The van der Waals surface area contributed by atoms with Gasteiger partial charge in [-0.2, -0.15) is 9.50 Å². The van der Waals surface area contributed by atoms with Crippen molar-refractivity contribution in [1.29, 1.82) is 0 Å². The Morgan fingerprint density at radius 2 is 1.75 bits per heavy atom. The summed E-state index contributed by atoms with van der Waals surface area (Å²) in [6.07, 6.45) is 3.43. The maximum atomic E-state index is 12.9. The second-order valence-corrected chi connectivity index (χ2v) is 7.64. The zero-order valence-electron chi connectivity index (χ0n) is 17.8. The van der Waals surface area contributed by atoms with Crippen LogP contribution in [0.2, 0.25) is 0 Å². The van der Waals surface area contributed by atoms with E-state index in [9.17, 15) is 4.79 Å². The second kappa shape index (κ2) is 9.11. The molecule has 0 saturated heterocycles. The standard InChI is InChI=1S/C23H21N3O5S/c1-5-10-31-16-8-6-15(7-9-16)21-24-23-26(25-21)22(27)19(32-23)13-14-11-17(28-2)20(30-4)18(12-14)29-3/h5-9,11-13H,1,10H2,2-4H3/b19-13+. The van der Waals surface area contributed by atoms with Gasteiger partial charge in [0.15, 0.2) is 17.3 Å². The molecule has 0 N–H and O–H groups in total. The summed E-state index contributed by atoms with van der Waals surface area (Å²) < 4.78 is 23.4. The predicted octanol–water partition coefficient (Wildman–Crippen LogP) is 2.96. The lowest BCUT2D eigenvalue weighted by atomic mass is 10.1. The molecule has 164 valence electrons. The van der Waals surface area contributed by atoms with Gasteiger partial charge in [-0.15, -0.1) is 5.10 Å². The highest BCUT2D eigenvalue weighted by molar-refractivity contribution is 7.15. The van der Waals surface area contributed by atoms with Crippen LogP contribution in [0.3, 0.4) is 0 Å². The summed E-state index contributed by atoms with van der Waals surface area (Å²) in [4.78, 5) is 17.9. The van der Waals surface area contributed by atoms with E-state index >= 15 is 0 Å². The van der Waals surface area contributed by atoms with Crippen LogP contribution in [0.1, 0.15) is 5.56 Å². The quantitative estimate of drug-likeness (QED) is 0.381. The smallest absolute Gasteiger partial charge is 0.291 e. The van der Waals surface area contributed by atoms with Crippen molar-refractivity contribution in [3.8, 4) is 34.4 Å². The summed E-state index contributed by atoms with van der Waals surface area (Å²) in [6.45, 7) is 4.06. The van der Waals surface area contributed by atoms with Gasteiger partial charge in [0.1, 0.15) is 12.4 Å². The molecule has 2 aromatic carbocycles. The first kappa shape index (κ1) is 21.4. The molecule has 0 saturated carbocycles. The molecule has 0 amide bonds. The molecule has 0 spiro atoms. The van der Waals surface area contributed by atoms with Crippen molar-refractivity contribution in [2.75, 3.05) is 27.9 Å². The number of benzene rings is 2. The summed E-state index contributed by atoms with van der Waals surface area (Å²) in [5, 5.41) is 4.39. The third-order valence-corrected chi connectivity index (χ3v) is 5.61. The van der Waals surface area contributed by atoms with Gasteiger partial charge >= 0.3 is 0 Å². The molecule has 32 heavy (non-hydrogen) atoms. The van der Waals surface area contributed by atoms with Gasteiger partial charge < -0.3 is 18.9 Å². The average molecular weight is 452 g/mol. The monoisotopic (exact) mass is 451 g/mol. The van der Waals surface area contributed by atoms with Gasteiger partial charge in [0.05, 0.1) is 25.9 Å². The lowest BCUT2D eigenvalue weighted by Gasteiger charge is -2.12. The fraction of sp³-hybridized carbons (Fsp3) is 0.174. The van der Waals surface area contributed by atoms with Crippen molar-refractivity contribution in [3.05, 3.63) is 69.5 Å². The fourth-order valence-electron chi connectivity index (χ4n) is 3.15. The summed E-state index contributed by atoms with van der Waals surface area (Å²) in [5.74, 6) is 2.70. The van der Waals surface area contributed by atoms with E-state index in [1.165, 1.54) is 15.9 Å². The van der Waals surface area contributed by atoms with Crippen molar-refractivity contribution in [2.45, 2.75) is 0 Å². The number of fused-ring (bicyclic) bond motifs is 1. The first-order valence-corrected chi connectivity index (χ1v) is 10.4. The maximum absolute atomic E-state index is 12.9. The molecule has 4 rings (SSSR count). The molecule has 0 aliphatic heterocycles. The Balaban J connectivity index is 1.70. The van der Waals surface area contributed by atoms with Crippen LogP contribution in [0.25, 0.3) is 22.4 Å².